The summed E-state index contributed by atoms with van der Waals surface area (Å²) in [5, 5.41) is 5.43. The lowest BCUT2D eigenvalue weighted by Gasteiger charge is -2.14. The Morgan fingerprint density at radius 3 is 2.30 bits per heavy atom. The maximum atomic E-state index is 12.1. The minimum Gasteiger partial charge on any atom is -0.497 e. The molecule has 0 aliphatic rings. The first-order valence-electron chi connectivity index (χ1n) is 8.23. The summed E-state index contributed by atoms with van der Waals surface area (Å²) >= 11 is 0. The third-order valence-corrected chi connectivity index (χ3v) is 3.67. The highest BCUT2D eigenvalue weighted by atomic mass is 16.5. The average molecular weight is 376 g/mol. The van der Waals surface area contributed by atoms with Gasteiger partial charge in [-0.05, 0) is 24.3 Å². The number of carbonyl (C=O) groups is 1. The molecule has 0 atom stereocenters. The van der Waals surface area contributed by atoms with E-state index >= 15 is 0 Å². The lowest BCUT2D eigenvalue weighted by atomic mass is 10.2. The van der Waals surface area contributed by atoms with Crippen LogP contribution in [-0.2, 0) is 0 Å². The molecule has 0 heterocycles. The van der Waals surface area contributed by atoms with Gasteiger partial charge in [0.05, 0.1) is 40.7 Å². The summed E-state index contributed by atoms with van der Waals surface area (Å²) in [6.07, 6.45) is 0. The molecule has 0 aliphatic heterocycles. The number of ether oxygens (including phenoxy) is 5. The zero-order valence-electron chi connectivity index (χ0n) is 15.8. The quantitative estimate of drug-likeness (QED) is 0.655. The molecule has 0 aliphatic carbocycles. The molecular formula is C19H24N2O6. The molecule has 0 saturated heterocycles. The van der Waals surface area contributed by atoms with Crippen LogP contribution in [0.1, 0.15) is 0 Å². The lowest BCUT2D eigenvalue weighted by Crippen LogP contribution is -2.32. The van der Waals surface area contributed by atoms with Gasteiger partial charge in [-0.2, -0.15) is 0 Å². The highest BCUT2D eigenvalue weighted by Gasteiger charge is 2.11. The zero-order chi connectivity index (χ0) is 19.6. The Morgan fingerprint density at radius 1 is 0.889 bits per heavy atom. The van der Waals surface area contributed by atoms with Gasteiger partial charge in [-0.3, -0.25) is 0 Å². The molecule has 8 heteroatoms. The van der Waals surface area contributed by atoms with Crippen molar-refractivity contribution in [1.29, 1.82) is 0 Å². The Balaban J connectivity index is 1.85. The van der Waals surface area contributed by atoms with Crippen LogP contribution in [0.3, 0.4) is 0 Å². The summed E-state index contributed by atoms with van der Waals surface area (Å²) in [6.45, 7) is 0.557. The SMILES string of the molecule is COc1ccc(NC(=O)NCCOc2cccc(OC)c2OC)c(OC)c1. The molecule has 8 nitrogen and oxygen atoms in total. The van der Waals surface area contributed by atoms with Crippen molar-refractivity contribution in [2.45, 2.75) is 0 Å². The second-order valence-electron chi connectivity index (χ2n) is 5.29. The minimum atomic E-state index is -0.375. The molecule has 146 valence electrons. The number of amides is 2. The fraction of sp³-hybridized carbons (Fsp3) is 0.316. The van der Waals surface area contributed by atoms with Crippen molar-refractivity contribution in [3.05, 3.63) is 36.4 Å². The van der Waals surface area contributed by atoms with E-state index in [4.69, 9.17) is 23.7 Å². The van der Waals surface area contributed by atoms with E-state index in [9.17, 15) is 4.79 Å². The van der Waals surface area contributed by atoms with E-state index in [1.165, 1.54) is 7.11 Å². The fourth-order valence-corrected chi connectivity index (χ4v) is 2.37. The van der Waals surface area contributed by atoms with Crippen LogP contribution in [0.4, 0.5) is 10.5 Å². The van der Waals surface area contributed by atoms with Gasteiger partial charge in [0.25, 0.3) is 0 Å². The largest absolute Gasteiger partial charge is 0.497 e. The van der Waals surface area contributed by atoms with Gasteiger partial charge in [0.2, 0.25) is 5.75 Å². The summed E-state index contributed by atoms with van der Waals surface area (Å²) in [7, 11) is 6.18. The Kier molecular flexibility index (Phi) is 7.42. The number of carbonyl (C=O) groups excluding carboxylic acids is 1. The Labute approximate surface area is 158 Å². The van der Waals surface area contributed by atoms with Crippen molar-refractivity contribution in [3.63, 3.8) is 0 Å². The van der Waals surface area contributed by atoms with E-state index < -0.39 is 0 Å². The Morgan fingerprint density at radius 2 is 1.63 bits per heavy atom. The molecule has 2 rings (SSSR count). The van der Waals surface area contributed by atoms with Gasteiger partial charge in [0.1, 0.15) is 18.1 Å². The first-order chi connectivity index (χ1) is 13.1. The van der Waals surface area contributed by atoms with Crippen LogP contribution >= 0.6 is 0 Å². The van der Waals surface area contributed by atoms with Crippen molar-refractivity contribution in [1.82, 2.24) is 5.32 Å². The number of benzene rings is 2. The second kappa shape index (κ2) is 10.0. The maximum absolute atomic E-state index is 12.1. The molecule has 2 aromatic rings. The zero-order valence-corrected chi connectivity index (χ0v) is 15.8. The molecule has 0 spiro atoms. The summed E-state index contributed by atoms with van der Waals surface area (Å²) in [5.41, 5.74) is 0.534. The topological polar surface area (TPSA) is 87.3 Å². The van der Waals surface area contributed by atoms with Crippen LogP contribution in [0.5, 0.6) is 28.7 Å². The van der Waals surface area contributed by atoms with E-state index in [0.29, 0.717) is 41.0 Å². The lowest BCUT2D eigenvalue weighted by molar-refractivity contribution is 0.245. The maximum Gasteiger partial charge on any atom is 0.319 e. The molecule has 0 fully saturated rings. The number of rotatable bonds is 9. The summed E-state index contributed by atoms with van der Waals surface area (Å²) in [5.74, 6) is 2.76. The normalized spacial score (nSPS) is 9.93. The van der Waals surface area contributed by atoms with E-state index in [-0.39, 0.29) is 12.6 Å². The number of urea groups is 1. The van der Waals surface area contributed by atoms with Crippen molar-refractivity contribution < 1.29 is 28.5 Å². The number of para-hydroxylation sites is 1. The van der Waals surface area contributed by atoms with Gasteiger partial charge >= 0.3 is 6.03 Å². The van der Waals surface area contributed by atoms with Crippen LogP contribution in [0.2, 0.25) is 0 Å². The molecule has 2 aromatic carbocycles. The molecule has 0 unspecified atom stereocenters. The van der Waals surface area contributed by atoms with Crippen LogP contribution < -0.4 is 34.3 Å². The monoisotopic (exact) mass is 376 g/mol. The predicted molar refractivity (Wildman–Crippen MR) is 102 cm³/mol. The first-order valence-corrected chi connectivity index (χ1v) is 8.23. The highest BCUT2D eigenvalue weighted by molar-refractivity contribution is 5.91. The van der Waals surface area contributed by atoms with Gasteiger partial charge in [-0.1, -0.05) is 6.07 Å². The van der Waals surface area contributed by atoms with E-state index in [1.54, 1.807) is 57.7 Å². The number of hydrogen-bond donors (Lipinski definition) is 2. The highest BCUT2D eigenvalue weighted by Crippen LogP contribution is 2.36. The molecule has 2 N–H and O–H groups in total. The van der Waals surface area contributed by atoms with Crippen LogP contribution in [0.25, 0.3) is 0 Å². The molecule has 0 saturated carbocycles. The van der Waals surface area contributed by atoms with Crippen LogP contribution in [0.15, 0.2) is 36.4 Å². The Hall–Kier alpha value is -3.29. The molecule has 0 bridgehead atoms. The number of anilines is 1. The third-order valence-electron chi connectivity index (χ3n) is 3.67. The number of hydrogen-bond acceptors (Lipinski definition) is 6. The van der Waals surface area contributed by atoms with Crippen molar-refractivity contribution >= 4 is 11.7 Å². The average Bonchev–Trinajstić information content (AvgIpc) is 2.71. The number of methoxy groups -OCH3 is 4. The fourth-order valence-electron chi connectivity index (χ4n) is 2.37. The van der Waals surface area contributed by atoms with Gasteiger partial charge in [-0.25, -0.2) is 4.79 Å². The van der Waals surface area contributed by atoms with Crippen molar-refractivity contribution in [3.8, 4) is 28.7 Å². The van der Waals surface area contributed by atoms with E-state index in [2.05, 4.69) is 10.6 Å². The molecule has 0 aromatic heterocycles. The first kappa shape index (κ1) is 20.0. The van der Waals surface area contributed by atoms with Crippen molar-refractivity contribution in [2.24, 2.45) is 0 Å². The molecule has 27 heavy (non-hydrogen) atoms. The third kappa shape index (κ3) is 5.34. The molecule has 2 amide bonds. The van der Waals surface area contributed by atoms with Gasteiger partial charge in [-0.15, -0.1) is 0 Å². The van der Waals surface area contributed by atoms with Crippen LogP contribution in [0, 0.1) is 0 Å². The summed E-state index contributed by atoms with van der Waals surface area (Å²) in [4.78, 5) is 12.1. The minimum absolute atomic E-state index is 0.261. The molecule has 0 radical (unpaired) electrons. The summed E-state index contributed by atoms with van der Waals surface area (Å²) in [6, 6.07) is 10.1. The van der Waals surface area contributed by atoms with Gasteiger partial charge < -0.3 is 34.3 Å². The predicted octanol–water partition coefficient (Wildman–Crippen LogP) is 2.92. The van der Waals surface area contributed by atoms with Crippen LogP contribution in [-0.4, -0.2) is 47.6 Å². The molecular weight excluding hydrogens is 352 g/mol. The number of nitrogens with one attached hydrogen (secondary N) is 2. The summed E-state index contributed by atoms with van der Waals surface area (Å²) < 4.78 is 26.5. The van der Waals surface area contributed by atoms with Crippen molar-refractivity contribution in [2.75, 3.05) is 46.9 Å². The second-order valence-corrected chi connectivity index (χ2v) is 5.29. The van der Waals surface area contributed by atoms with E-state index in [0.717, 1.165) is 0 Å². The van der Waals surface area contributed by atoms with E-state index in [1.807, 2.05) is 0 Å². The Bertz CT molecular complexity index is 766. The standard InChI is InChI=1S/C19H24N2O6/c1-23-13-8-9-14(17(12-13)25-3)21-19(22)20-10-11-27-16-7-5-6-15(24-2)18(16)26-4/h5-9,12H,10-11H2,1-4H3,(H2,20,21,22). The van der Waals surface area contributed by atoms with Gasteiger partial charge in [0, 0.05) is 6.07 Å². The smallest absolute Gasteiger partial charge is 0.319 e. The van der Waals surface area contributed by atoms with Gasteiger partial charge in [0.15, 0.2) is 11.5 Å².